The monoisotopic (exact) mass is 342 g/mol. The first-order valence-corrected chi connectivity index (χ1v) is 6.52. The van der Waals surface area contributed by atoms with Crippen LogP contribution in [0.1, 0.15) is 13.8 Å². The highest BCUT2D eigenvalue weighted by Gasteiger charge is 2.72. The molecule has 88 valence electrons. The van der Waals surface area contributed by atoms with Gasteiger partial charge in [-0.1, -0.05) is 13.8 Å². The third-order valence-corrected chi connectivity index (χ3v) is 4.38. The number of amides is 2. The number of carbonyl (C=O) groups excluding carboxylic acids is 2. The minimum atomic E-state index is -0.159. The fourth-order valence-corrected chi connectivity index (χ4v) is 2.99. The minimum Gasteiger partial charge on any atom is -0.274 e. The standard InChI is InChI=1S/C12H11IN2O2/c1-12(2)8-9(12)11(17)15(10(8)16)7-4-3-6(13)5-14-7/h3-5,8-9H,1-2H3. The van der Waals surface area contributed by atoms with Crippen LogP contribution in [0.2, 0.25) is 0 Å². The molecule has 3 rings (SSSR count). The van der Waals surface area contributed by atoms with Gasteiger partial charge < -0.3 is 0 Å². The second kappa shape index (κ2) is 3.28. The molecule has 4 nitrogen and oxygen atoms in total. The summed E-state index contributed by atoms with van der Waals surface area (Å²) in [6.07, 6.45) is 1.66. The maximum absolute atomic E-state index is 12.1. The van der Waals surface area contributed by atoms with E-state index in [2.05, 4.69) is 27.6 Å². The van der Waals surface area contributed by atoms with E-state index < -0.39 is 0 Å². The smallest absolute Gasteiger partial charge is 0.239 e. The van der Waals surface area contributed by atoms with E-state index in [4.69, 9.17) is 0 Å². The van der Waals surface area contributed by atoms with Crippen LogP contribution < -0.4 is 4.90 Å². The van der Waals surface area contributed by atoms with E-state index in [0.29, 0.717) is 5.82 Å². The zero-order valence-corrected chi connectivity index (χ0v) is 11.6. The van der Waals surface area contributed by atoms with E-state index in [9.17, 15) is 9.59 Å². The third-order valence-electron chi connectivity index (χ3n) is 3.74. The predicted octanol–water partition coefficient (Wildman–Crippen LogP) is 1.83. The van der Waals surface area contributed by atoms with Gasteiger partial charge in [-0.15, -0.1) is 0 Å². The molecule has 1 saturated carbocycles. The number of piperidine rings is 1. The van der Waals surface area contributed by atoms with Crippen LogP contribution in [0.25, 0.3) is 0 Å². The molecule has 5 heteroatoms. The van der Waals surface area contributed by atoms with Crippen LogP contribution in [0.3, 0.4) is 0 Å². The van der Waals surface area contributed by atoms with E-state index >= 15 is 0 Å². The SMILES string of the molecule is CC1(C)C2C(=O)N(c3ccc(I)cn3)C(=O)C21. The topological polar surface area (TPSA) is 50.3 Å². The molecule has 0 N–H and O–H groups in total. The lowest BCUT2D eigenvalue weighted by Gasteiger charge is -2.19. The molecule has 2 unspecified atom stereocenters. The summed E-state index contributed by atoms with van der Waals surface area (Å²) >= 11 is 2.14. The van der Waals surface area contributed by atoms with Crippen LogP contribution in [-0.4, -0.2) is 16.8 Å². The molecule has 2 amide bonds. The molecular formula is C12H11IN2O2. The van der Waals surface area contributed by atoms with Crippen molar-refractivity contribution in [3.8, 4) is 0 Å². The summed E-state index contributed by atoms with van der Waals surface area (Å²) in [5.41, 5.74) is -0.159. The Bertz CT molecular complexity index is 500. The van der Waals surface area contributed by atoms with Gasteiger partial charge in [0.1, 0.15) is 5.82 Å². The number of hydrogen-bond acceptors (Lipinski definition) is 3. The number of carbonyl (C=O) groups is 2. The highest BCUT2D eigenvalue weighted by Crippen LogP contribution is 2.63. The van der Waals surface area contributed by atoms with Gasteiger partial charge in [0.15, 0.2) is 0 Å². The van der Waals surface area contributed by atoms with Crippen LogP contribution in [0, 0.1) is 20.8 Å². The largest absolute Gasteiger partial charge is 0.274 e. The summed E-state index contributed by atoms with van der Waals surface area (Å²) in [4.78, 5) is 29.6. The Balaban J connectivity index is 1.95. The van der Waals surface area contributed by atoms with Crippen molar-refractivity contribution in [3.05, 3.63) is 21.9 Å². The summed E-state index contributed by atoms with van der Waals surface area (Å²) < 4.78 is 0.982. The van der Waals surface area contributed by atoms with E-state index in [0.717, 1.165) is 3.57 Å². The van der Waals surface area contributed by atoms with Crippen molar-refractivity contribution < 1.29 is 9.59 Å². The van der Waals surface area contributed by atoms with E-state index in [1.807, 2.05) is 19.9 Å². The number of fused-ring (bicyclic) bond motifs is 1. The molecule has 0 bridgehead atoms. The number of imide groups is 1. The fourth-order valence-electron chi connectivity index (χ4n) is 2.67. The fraction of sp³-hybridized carbons (Fsp3) is 0.417. The zero-order valence-electron chi connectivity index (χ0n) is 9.48. The van der Waals surface area contributed by atoms with Gasteiger partial charge in [-0.2, -0.15) is 0 Å². The highest BCUT2D eigenvalue weighted by molar-refractivity contribution is 14.1. The first kappa shape index (κ1) is 11.1. The average molecular weight is 342 g/mol. The van der Waals surface area contributed by atoms with Gasteiger partial charge in [-0.3, -0.25) is 9.59 Å². The normalized spacial score (nSPS) is 29.5. The Morgan fingerprint density at radius 2 is 1.82 bits per heavy atom. The van der Waals surface area contributed by atoms with Crippen molar-refractivity contribution in [3.63, 3.8) is 0 Å². The molecule has 2 heterocycles. The summed E-state index contributed by atoms with van der Waals surface area (Å²) in [5, 5.41) is 0. The minimum absolute atomic E-state index is 0.0984. The average Bonchev–Trinajstić information content (AvgIpc) is 2.72. The highest BCUT2D eigenvalue weighted by atomic mass is 127. The van der Waals surface area contributed by atoms with Gasteiger partial charge in [0, 0.05) is 9.77 Å². The lowest BCUT2D eigenvalue weighted by Crippen LogP contribution is -2.36. The summed E-state index contributed by atoms with van der Waals surface area (Å²) in [6.45, 7) is 3.94. The third kappa shape index (κ3) is 1.38. The quantitative estimate of drug-likeness (QED) is 0.578. The molecule has 17 heavy (non-hydrogen) atoms. The second-order valence-electron chi connectivity index (χ2n) is 5.12. The van der Waals surface area contributed by atoms with Crippen LogP contribution >= 0.6 is 22.6 Å². The first-order chi connectivity index (χ1) is 7.94. The zero-order chi connectivity index (χ0) is 12.4. The van der Waals surface area contributed by atoms with Gasteiger partial charge in [-0.25, -0.2) is 9.88 Å². The Hall–Kier alpha value is -0.980. The summed E-state index contributed by atoms with van der Waals surface area (Å²) in [7, 11) is 0. The molecule has 2 atom stereocenters. The number of nitrogens with zero attached hydrogens (tertiary/aromatic N) is 2. The molecule has 1 aliphatic carbocycles. The summed E-state index contributed by atoms with van der Waals surface area (Å²) in [5.74, 6) is -0.0343. The van der Waals surface area contributed by atoms with Crippen molar-refractivity contribution in [2.75, 3.05) is 4.90 Å². The molecule has 2 aliphatic rings. The molecule has 2 fully saturated rings. The van der Waals surface area contributed by atoms with Gasteiger partial charge in [0.2, 0.25) is 11.8 Å². The Morgan fingerprint density at radius 3 is 2.29 bits per heavy atom. The van der Waals surface area contributed by atoms with Crippen molar-refractivity contribution in [2.24, 2.45) is 17.3 Å². The first-order valence-electron chi connectivity index (χ1n) is 5.44. The van der Waals surface area contributed by atoms with Crippen molar-refractivity contribution in [2.45, 2.75) is 13.8 Å². The van der Waals surface area contributed by atoms with Gasteiger partial charge in [0.05, 0.1) is 11.8 Å². The number of rotatable bonds is 1. The molecule has 0 aromatic carbocycles. The predicted molar refractivity (Wildman–Crippen MR) is 70.2 cm³/mol. The molecule has 1 aromatic heterocycles. The number of pyridine rings is 1. The van der Waals surface area contributed by atoms with Crippen LogP contribution in [0.4, 0.5) is 5.82 Å². The Morgan fingerprint density at radius 1 is 1.24 bits per heavy atom. The van der Waals surface area contributed by atoms with Crippen LogP contribution in [0.5, 0.6) is 0 Å². The van der Waals surface area contributed by atoms with Crippen LogP contribution in [-0.2, 0) is 9.59 Å². The van der Waals surface area contributed by atoms with E-state index in [-0.39, 0.29) is 29.1 Å². The van der Waals surface area contributed by atoms with Gasteiger partial charge in [-0.05, 0) is 40.1 Å². The Labute approximate surface area is 113 Å². The van der Waals surface area contributed by atoms with Crippen LogP contribution in [0.15, 0.2) is 18.3 Å². The van der Waals surface area contributed by atoms with Gasteiger partial charge >= 0.3 is 0 Å². The van der Waals surface area contributed by atoms with E-state index in [1.165, 1.54) is 4.90 Å². The molecule has 0 radical (unpaired) electrons. The number of aromatic nitrogens is 1. The molecule has 1 aliphatic heterocycles. The lowest BCUT2D eigenvalue weighted by atomic mass is 10.1. The van der Waals surface area contributed by atoms with Crippen molar-refractivity contribution in [1.82, 2.24) is 4.98 Å². The number of anilines is 1. The lowest BCUT2D eigenvalue weighted by molar-refractivity contribution is -0.125. The Kier molecular flexibility index (Phi) is 2.14. The molecular weight excluding hydrogens is 331 g/mol. The van der Waals surface area contributed by atoms with Gasteiger partial charge in [0.25, 0.3) is 0 Å². The summed E-state index contributed by atoms with van der Waals surface area (Å²) in [6, 6.07) is 3.56. The molecule has 1 saturated heterocycles. The molecule has 0 spiro atoms. The van der Waals surface area contributed by atoms with Crippen molar-refractivity contribution >= 4 is 40.2 Å². The number of hydrogen-bond donors (Lipinski definition) is 0. The molecule has 1 aromatic rings. The maximum Gasteiger partial charge on any atom is 0.239 e. The van der Waals surface area contributed by atoms with E-state index in [1.54, 1.807) is 12.3 Å². The number of halogens is 1. The second-order valence-corrected chi connectivity index (χ2v) is 6.37. The maximum atomic E-state index is 12.1. The van der Waals surface area contributed by atoms with Crippen molar-refractivity contribution in [1.29, 1.82) is 0 Å².